The van der Waals surface area contributed by atoms with Crippen LogP contribution in [-0.2, 0) is 0 Å². The Bertz CT molecular complexity index is 588. The van der Waals surface area contributed by atoms with Crippen molar-refractivity contribution in [1.29, 1.82) is 5.41 Å². The van der Waals surface area contributed by atoms with E-state index in [0.717, 1.165) is 4.47 Å². The third kappa shape index (κ3) is 2.96. The minimum atomic E-state index is -0.143. The lowest BCUT2D eigenvalue weighted by Gasteiger charge is -2.06. The molecule has 2 rings (SSSR count). The van der Waals surface area contributed by atoms with Gasteiger partial charge in [0.15, 0.2) is 0 Å². The fourth-order valence-electron chi connectivity index (χ4n) is 1.18. The van der Waals surface area contributed by atoms with Crippen molar-refractivity contribution in [3.8, 4) is 11.6 Å². The first-order chi connectivity index (χ1) is 8.56. The van der Waals surface area contributed by atoms with E-state index in [2.05, 4.69) is 25.9 Å². The lowest BCUT2D eigenvalue weighted by Crippen LogP contribution is -2.13. The first-order valence-corrected chi connectivity index (χ1v) is 6.02. The van der Waals surface area contributed by atoms with E-state index in [1.807, 2.05) is 0 Å². The molecule has 0 spiro atoms. The summed E-state index contributed by atoms with van der Waals surface area (Å²) in [5, 5.41) is 7.65. The highest BCUT2D eigenvalue weighted by Crippen LogP contribution is 2.30. The highest BCUT2D eigenvalue weighted by atomic mass is 79.9. The number of nitrogens with zero attached hydrogens (tertiary/aromatic N) is 2. The molecule has 0 aliphatic rings. The summed E-state index contributed by atoms with van der Waals surface area (Å²) in [7, 11) is 0. The highest BCUT2D eigenvalue weighted by Gasteiger charge is 2.06. The summed E-state index contributed by atoms with van der Waals surface area (Å²) >= 11 is 9.31. The molecule has 0 saturated heterocycles. The maximum atomic E-state index is 7.19. The normalized spacial score (nSPS) is 10.1. The lowest BCUT2D eigenvalue weighted by molar-refractivity contribution is 0.460. The van der Waals surface area contributed by atoms with Crippen LogP contribution in [0.2, 0.25) is 5.02 Å². The number of benzene rings is 1. The highest BCUT2D eigenvalue weighted by molar-refractivity contribution is 9.10. The van der Waals surface area contributed by atoms with E-state index >= 15 is 0 Å². The van der Waals surface area contributed by atoms with E-state index in [4.69, 9.17) is 27.5 Å². The monoisotopic (exact) mass is 326 g/mol. The number of ether oxygens (including phenoxy) is 1. The summed E-state index contributed by atoms with van der Waals surface area (Å²) in [4.78, 5) is 7.92. The van der Waals surface area contributed by atoms with Gasteiger partial charge in [0.1, 0.15) is 17.3 Å². The van der Waals surface area contributed by atoms with Crippen molar-refractivity contribution in [3.05, 3.63) is 45.8 Å². The van der Waals surface area contributed by atoms with Crippen molar-refractivity contribution in [1.82, 2.24) is 9.97 Å². The van der Waals surface area contributed by atoms with E-state index in [9.17, 15) is 0 Å². The predicted molar refractivity (Wildman–Crippen MR) is 72.3 cm³/mol. The number of halogens is 2. The molecule has 0 fully saturated rings. The number of nitrogens with two attached hydrogens (primary N) is 1. The van der Waals surface area contributed by atoms with Crippen LogP contribution in [0, 0.1) is 5.41 Å². The molecule has 3 N–H and O–H groups in total. The van der Waals surface area contributed by atoms with Gasteiger partial charge in [0.05, 0.1) is 17.4 Å². The molecule has 0 atom stereocenters. The minimum absolute atomic E-state index is 0.143. The summed E-state index contributed by atoms with van der Waals surface area (Å²) < 4.78 is 6.32. The van der Waals surface area contributed by atoms with Crippen molar-refractivity contribution < 1.29 is 4.74 Å². The lowest BCUT2D eigenvalue weighted by atomic mass is 10.3. The Labute approximate surface area is 117 Å². The average molecular weight is 328 g/mol. The van der Waals surface area contributed by atoms with Crippen molar-refractivity contribution in [2.45, 2.75) is 0 Å². The smallest absolute Gasteiger partial charge is 0.237 e. The summed E-state index contributed by atoms with van der Waals surface area (Å²) in [6.45, 7) is 0. The molecule has 7 heteroatoms. The summed E-state index contributed by atoms with van der Waals surface area (Å²) in [6.07, 6.45) is 2.75. The Morgan fingerprint density at radius 1 is 1.33 bits per heavy atom. The molecule has 2 aromatic rings. The second-order valence-corrected chi connectivity index (χ2v) is 4.65. The van der Waals surface area contributed by atoms with E-state index in [0.29, 0.717) is 16.5 Å². The second kappa shape index (κ2) is 5.32. The van der Waals surface area contributed by atoms with Crippen LogP contribution in [0.1, 0.15) is 5.69 Å². The SMILES string of the molecule is N=C(N)c1cnc(Oc2ccc(Br)cc2Cl)cn1. The van der Waals surface area contributed by atoms with Crippen LogP contribution in [0.4, 0.5) is 0 Å². The van der Waals surface area contributed by atoms with Gasteiger partial charge in [0, 0.05) is 4.47 Å². The molecule has 18 heavy (non-hydrogen) atoms. The maximum absolute atomic E-state index is 7.19. The molecule has 0 radical (unpaired) electrons. The zero-order chi connectivity index (χ0) is 13.1. The number of hydrogen-bond acceptors (Lipinski definition) is 4. The van der Waals surface area contributed by atoms with Crippen LogP contribution < -0.4 is 10.5 Å². The molecule has 0 bridgehead atoms. The van der Waals surface area contributed by atoms with Crippen LogP contribution in [0.15, 0.2) is 35.1 Å². The summed E-state index contributed by atoms with van der Waals surface area (Å²) in [6, 6.07) is 5.24. The first kappa shape index (κ1) is 12.8. The molecule has 1 aromatic heterocycles. The molecule has 1 aromatic carbocycles. The van der Waals surface area contributed by atoms with E-state index < -0.39 is 0 Å². The Balaban J connectivity index is 2.21. The molecule has 0 unspecified atom stereocenters. The number of hydrogen-bond donors (Lipinski definition) is 2. The zero-order valence-electron chi connectivity index (χ0n) is 9.02. The van der Waals surface area contributed by atoms with Gasteiger partial charge < -0.3 is 10.5 Å². The van der Waals surface area contributed by atoms with Crippen molar-refractivity contribution >= 4 is 33.4 Å². The second-order valence-electron chi connectivity index (χ2n) is 3.33. The number of nitrogen functional groups attached to an aromatic ring is 1. The number of aromatic nitrogens is 2. The van der Waals surface area contributed by atoms with Crippen molar-refractivity contribution in [2.75, 3.05) is 0 Å². The first-order valence-electron chi connectivity index (χ1n) is 4.85. The maximum Gasteiger partial charge on any atom is 0.237 e. The quantitative estimate of drug-likeness (QED) is 0.670. The van der Waals surface area contributed by atoms with Gasteiger partial charge in [0.25, 0.3) is 0 Å². The molecule has 0 aliphatic heterocycles. The van der Waals surface area contributed by atoms with Gasteiger partial charge in [-0.3, -0.25) is 5.41 Å². The Morgan fingerprint density at radius 2 is 2.11 bits per heavy atom. The largest absolute Gasteiger partial charge is 0.436 e. The number of rotatable bonds is 3. The third-order valence-electron chi connectivity index (χ3n) is 2.01. The number of nitrogens with one attached hydrogen (secondary N) is 1. The topological polar surface area (TPSA) is 84.9 Å². The molecule has 92 valence electrons. The van der Waals surface area contributed by atoms with E-state index in [1.54, 1.807) is 18.2 Å². The van der Waals surface area contributed by atoms with Gasteiger partial charge in [-0.1, -0.05) is 27.5 Å². The van der Waals surface area contributed by atoms with Crippen molar-refractivity contribution in [2.24, 2.45) is 5.73 Å². The molecule has 0 amide bonds. The van der Waals surface area contributed by atoms with Crippen LogP contribution in [0.25, 0.3) is 0 Å². The van der Waals surface area contributed by atoms with Gasteiger partial charge in [-0.05, 0) is 18.2 Å². The molecular weight excluding hydrogens is 320 g/mol. The van der Waals surface area contributed by atoms with Crippen LogP contribution in [0.3, 0.4) is 0 Å². The van der Waals surface area contributed by atoms with E-state index in [1.165, 1.54) is 12.4 Å². The molecule has 0 saturated carbocycles. The van der Waals surface area contributed by atoms with Gasteiger partial charge in [-0.15, -0.1) is 0 Å². The van der Waals surface area contributed by atoms with E-state index in [-0.39, 0.29) is 11.7 Å². The molecule has 1 heterocycles. The fraction of sp³-hybridized carbons (Fsp3) is 0. The Hall–Kier alpha value is -1.66. The molecule has 5 nitrogen and oxygen atoms in total. The van der Waals surface area contributed by atoms with Crippen LogP contribution in [-0.4, -0.2) is 15.8 Å². The van der Waals surface area contributed by atoms with Gasteiger partial charge >= 0.3 is 0 Å². The van der Waals surface area contributed by atoms with Gasteiger partial charge in [-0.25, -0.2) is 9.97 Å². The van der Waals surface area contributed by atoms with Crippen LogP contribution >= 0.6 is 27.5 Å². The number of amidine groups is 1. The third-order valence-corrected chi connectivity index (χ3v) is 2.80. The standard InChI is InChI=1S/C11H8BrClN4O/c12-6-1-2-9(7(13)3-6)18-10-5-16-8(4-17-10)11(14)15/h1-5H,(H3,14,15). The zero-order valence-corrected chi connectivity index (χ0v) is 11.4. The van der Waals surface area contributed by atoms with Crippen LogP contribution in [0.5, 0.6) is 11.6 Å². The Morgan fingerprint density at radius 3 is 2.67 bits per heavy atom. The summed E-state index contributed by atoms with van der Waals surface area (Å²) in [5.41, 5.74) is 5.57. The van der Waals surface area contributed by atoms with Crippen molar-refractivity contribution in [3.63, 3.8) is 0 Å². The molecular formula is C11H8BrClN4O. The van der Waals surface area contributed by atoms with Gasteiger partial charge in [0.2, 0.25) is 5.88 Å². The molecule has 0 aliphatic carbocycles. The summed E-state index contributed by atoms with van der Waals surface area (Å²) in [5.74, 6) is 0.615. The predicted octanol–water partition coefficient (Wildman–Crippen LogP) is 2.97. The minimum Gasteiger partial charge on any atom is -0.436 e. The van der Waals surface area contributed by atoms with Gasteiger partial charge in [-0.2, -0.15) is 0 Å². The average Bonchev–Trinajstić information content (AvgIpc) is 2.33. The Kier molecular flexibility index (Phi) is 3.78. The fourth-order valence-corrected chi connectivity index (χ4v) is 1.89.